The second-order valence-electron chi connectivity index (χ2n) is 7.24. The molecule has 1 aliphatic heterocycles. The fraction of sp³-hybridized carbons (Fsp3) is 0.579. The number of amides is 1. The van der Waals surface area contributed by atoms with Gasteiger partial charge in [-0.3, -0.25) is 9.59 Å². The number of piperidine rings is 1. The average molecular weight is 397 g/mol. The van der Waals surface area contributed by atoms with Crippen molar-refractivity contribution in [2.24, 2.45) is 0 Å². The Balaban J connectivity index is 2.22. The van der Waals surface area contributed by atoms with Crippen molar-refractivity contribution >= 4 is 21.9 Å². The van der Waals surface area contributed by atoms with Crippen molar-refractivity contribution in [1.82, 2.24) is 9.62 Å². The van der Waals surface area contributed by atoms with Gasteiger partial charge in [-0.05, 0) is 57.7 Å². The fourth-order valence-electron chi connectivity index (χ4n) is 3.28. The number of nitrogens with zero attached hydrogens (tertiary/aromatic N) is 1. The van der Waals surface area contributed by atoms with Crippen LogP contribution in [-0.4, -0.2) is 48.3 Å². The van der Waals surface area contributed by atoms with E-state index in [9.17, 15) is 18.0 Å². The Morgan fingerprint density at radius 1 is 1.33 bits per heavy atom. The first kappa shape index (κ1) is 21.4. The largest absolute Gasteiger partial charge is 0.481 e. The van der Waals surface area contributed by atoms with Crippen LogP contribution in [0.2, 0.25) is 0 Å². The molecule has 1 aliphatic rings. The number of carbonyl (C=O) groups is 2. The number of aliphatic carboxylic acids is 1. The van der Waals surface area contributed by atoms with Crippen LogP contribution < -0.4 is 5.32 Å². The average Bonchev–Trinajstić information content (AvgIpc) is 2.60. The second kappa shape index (κ2) is 8.84. The van der Waals surface area contributed by atoms with Crippen LogP contribution in [0.25, 0.3) is 0 Å². The second-order valence-corrected chi connectivity index (χ2v) is 9.13. The third kappa shape index (κ3) is 5.29. The number of carboxylic acids is 1. The summed E-state index contributed by atoms with van der Waals surface area (Å²) in [5.41, 5.74) is 0.964. The molecule has 2 N–H and O–H groups in total. The van der Waals surface area contributed by atoms with Gasteiger partial charge in [0.25, 0.3) is 5.91 Å². The molecule has 150 valence electrons. The molecule has 1 amide bonds. The summed E-state index contributed by atoms with van der Waals surface area (Å²) in [5, 5.41) is 11.5. The van der Waals surface area contributed by atoms with E-state index in [0.717, 1.165) is 19.3 Å². The summed E-state index contributed by atoms with van der Waals surface area (Å²) in [6, 6.07) is 4.22. The van der Waals surface area contributed by atoms with Crippen molar-refractivity contribution in [1.29, 1.82) is 0 Å². The highest BCUT2D eigenvalue weighted by Gasteiger charge is 2.31. The van der Waals surface area contributed by atoms with E-state index < -0.39 is 21.9 Å². The van der Waals surface area contributed by atoms with Crippen molar-refractivity contribution in [2.45, 2.75) is 69.9 Å². The number of hydrogen-bond donors (Lipinski definition) is 2. The third-order valence-corrected chi connectivity index (χ3v) is 6.98. The van der Waals surface area contributed by atoms with Gasteiger partial charge < -0.3 is 10.4 Å². The molecule has 0 bridgehead atoms. The highest BCUT2D eigenvalue weighted by Crippen LogP contribution is 2.26. The first-order valence-corrected chi connectivity index (χ1v) is 10.7. The smallest absolute Gasteiger partial charge is 0.303 e. The molecule has 1 aromatic rings. The topological polar surface area (TPSA) is 104 Å². The van der Waals surface area contributed by atoms with Crippen molar-refractivity contribution in [3.8, 4) is 0 Å². The van der Waals surface area contributed by atoms with Gasteiger partial charge in [0, 0.05) is 30.6 Å². The Labute approximate surface area is 160 Å². The molecule has 0 aromatic heterocycles. The molecule has 7 nitrogen and oxygen atoms in total. The number of carboxylic acid groups (broad SMARTS) is 1. The van der Waals surface area contributed by atoms with Gasteiger partial charge in [-0.1, -0.05) is 12.5 Å². The van der Waals surface area contributed by atoms with Crippen LogP contribution in [0.15, 0.2) is 23.1 Å². The Bertz CT molecular complexity index is 806. The Morgan fingerprint density at radius 3 is 2.67 bits per heavy atom. The van der Waals surface area contributed by atoms with Crippen molar-refractivity contribution in [3.05, 3.63) is 29.3 Å². The number of carbonyl (C=O) groups excluding carboxylic acids is 1. The lowest BCUT2D eigenvalue weighted by Gasteiger charge is -2.32. The van der Waals surface area contributed by atoms with Gasteiger partial charge in [-0.2, -0.15) is 4.31 Å². The third-order valence-electron chi connectivity index (χ3n) is 4.97. The first-order chi connectivity index (χ1) is 12.6. The van der Waals surface area contributed by atoms with E-state index in [2.05, 4.69) is 5.32 Å². The van der Waals surface area contributed by atoms with Crippen LogP contribution in [0.5, 0.6) is 0 Å². The molecular formula is C19H28N2O5S. The van der Waals surface area contributed by atoms with Crippen molar-refractivity contribution < 1.29 is 23.1 Å². The lowest BCUT2D eigenvalue weighted by molar-refractivity contribution is -0.137. The minimum absolute atomic E-state index is 0.0400. The normalized spacial score (nSPS) is 19.4. The summed E-state index contributed by atoms with van der Waals surface area (Å²) in [4.78, 5) is 23.4. The highest BCUT2D eigenvalue weighted by atomic mass is 32.2. The summed E-state index contributed by atoms with van der Waals surface area (Å²) >= 11 is 0. The van der Waals surface area contributed by atoms with Crippen molar-refractivity contribution in [2.75, 3.05) is 6.54 Å². The zero-order valence-electron chi connectivity index (χ0n) is 16.1. The molecule has 2 rings (SSSR count). The molecule has 1 fully saturated rings. The van der Waals surface area contributed by atoms with E-state index in [1.54, 1.807) is 19.9 Å². The van der Waals surface area contributed by atoms with E-state index in [0.29, 0.717) is 24.1 Å². The summed E-state index contributed by atoms with van der Waals surface area (Å²) in [6.45, 7) is 5.87. The zero-order chi connectivity index (χ0) is 20.2. The first-order valence-electron chi connectivity index (χ1n) is 9.28. The monoisotopic (exact) mass is 396 g/mol. The minimum Gasteiger partial charge on any atom is -0.481 e. The lowest BCUT2D eigenvalue weighted by atomic mass is 10.1. The van der Waals surface area contributed by atoms with E-state index in [1.165, 1.54) is 16.4 Å². The van der Waals surface area contributed by atoms with Crippen LogP contribution in [0.3, 0.4) is 0 Å². The van der Waals surface area contributed by atoms with Crippen molar-refractivity contribution in [3.63, 3.8) is 0 Å². The van der Waals surface area contributed by atoms with E-state index in [-0.39, 0.29) is 23.4 Å². The SMILES string of the molecule is Cc1ccc(S(=O)(=O)N2CCCCC2C)cc1C(=O)NC(C)CCC(=O)O. The number of sulfonamides is 1. The molecule has 0 aliphatic carbocycles. The molecular weight excluding hydrogens is 368 g/mol. The summed E-state index contributed by atoms with van der Waals surface area (Å²) in [5.74, 6) is -1.31. The van der Waals surface area contributed by atoms with E-state index >= 15 is 0 Å². The van der Waals surface area contributed by atoms with Crippen LogP contribution in [0, 0.1) is 6.92 Å². The van der Waals surface area contributed by atoms with Crippen LogP contribution in [-0.2, 0) is 14.8 Å². The maximum absolute atomic E-state index is 13.0. The molecule has 0 radical (unpaired) electrons. The van der Waals surface area contributed by atoms with E-state index in [1.807, 2.05) is 6.92 Å². The number of hydrogen-bond acceptors (Lipinski definition) is 4. The summed E-state index contributed by atoms with van der Waals surface area (Å²) < 4.78 is 27.5. The van der Waals surface area contributed by atoms with Gasteiger partial charge in [0.2, 0.25) is 10.0 Å². The molecule has 1 aromatic carbocycles. The van der Waals surface area contributed by atoms with Crippen LogP contribution in [0.1, 0.15) is 61.9 Å². The summed E-state index contributed by atoms with van der Waals surface area (Å²) in [7, 11) is -3.66. The quantitative estimate of drug-likeness (QED) is 0.737. The predicted molar refractivity (Wildman–Crippen MR) is 102 cm³/mol. The van der Waals surface area contributed by atoms with Gasteiger partial charge in [-0.25, -0.2) is 8.42 Å². The maximum Gasteiger partial charge on any atom is 0.303 e. The Kier molecular flexibility index (Phi) is 7.00. The van der Waals surface area contributed by atoms with E-state index in [4.69, 9.17) is 5.11 Å². The number of nitrogens with one attached hydrogen (secondary N) is 1. The molecule has 1 saturated heterocycles. The predicted octanol–water partition coefficient (Wildman–Crippen LogP) is 2.54. The van der Waals surface area contributed by atoms with Crippen LogP contribution >= 0.6 is 0 Å². The number of rotatable bonds is 7. The molecule has 0 saturated carbocycles. The van der Waals surface area contributed by atoms with Crippen LogP contribution in [0.4, 0.5) is 0 Å². The molecule has 2 unspecified atom stereocenters. The van der Waals surface area contributed by atoms with Gasteiger partial charge in [0.1, 0.15) is 0 Å². The fourth-order valence-corrected chi connectivity index (χ4v) is 5.01. The lowest BCUT2D eigenvalue weighted by Crippen LogP contribution is -2.42. The molecule has 0 spiro atoms. The maximum atomic E-state index is 13.0. The Morgan fingerprint density at radius 2 is 2.04 bits per heavy atom. The standard InChI is InChI=1S/C19H28N2O5S/c1-13-7-9-16(27(25,26)21-11-5-4-6-15(21)3)12-17(13)19(24)20-14(2)8-10-18(22)23/h7,9,12,14-15H,4-6,8,10-11H2,1-3H3,(H,20,24)(H,22,23). The highest BCUT2D eigenvalue weighted by molar-refractivity contribution is 7.89. The van der Waals surface area contributed by atoms with Gasteiger partial charge in [-0.15, -0.1) is 0 Å². The Hall–Kier alpha value is -1.93. The minimum atomic E-state index is -3.66. The van der Waals surface area contributed by atoms with Gasteiger partial charge >= 0.3 is 5.97 Å². The summed E-state index contributed by atoms with van der Waals surface area (Å²) in [6.07, 6.45) is 2.96. The number of aryl methyl sites for hydroxylation is 1. The molecule has 27 heavy (non-hydrogen) atoms. The number of benzene rings is 1. The molecule has 1 heterocycles. The van der Waals surface area contributed by atoms with Gasteiger partial charge in [0.05, 0.1) is 4.90 Å². The molecule has 2 atom stereocenters. The molecule has 8 heteroatoms. The van der Waals surface area contributed by atoms with Gasteiger partial charge in [0.15, 0.2) is 0 Å². The zero-order valence-corrected chi connectivity index (χ0v) is 16.9.